The fourth-order valence-corrected chi connectivity index (χ4v) is 3.94. The maximum atomic E-state index is 10.8. The molecule has 0 aromatic rings. The van der Waals surface area contributed by atoms with Gasteiger partial charge in [0.15, 0.2) is 0 Å². The van der Waals surface area contributed by atoms with Gasteiger partial charge in [-0.25, -0.2) is 16.8 Å². The largest absolute Gasteiger partial charge is 0.334 e. The van der Waals surface area contributed by atoms with Crippen molar-refractivity contribution >= 4 is 64.4 Å². The van der Waals surface area contributed by atoms with Crippen LogP contribution in [0.3, 0.4) is 0 Å². The molecule has 74 valence electrons. The van der Waals surface area contributed by atoms with E-state index in [4.69, 9.17) is 34.8 Å². The van der Waals surface area contributed by atoms with Gasteiger partial charge in [-0.05, 0) is 0 Å². The van der Waals surface area contributed by atoms with E-state index in [9.17, 15) is 16.8 Å². The van der Waals surface area contributed by atoms with E-state index in [0.29, 0.717) is 0 Å². The highest BCUT2D eigenvalue weighted by Crippen LogP contribution is 2.37. The predicted octanol–water partition coefficient (Wildman–Crippen LogP) is 1.26. The van der Waals surface area contributed by atoms with Crippen molar-refractivity contribution in [2.75, 3.05) is 5.21 Å². The third kappa shape index (κ3) is 2.30. The van der Waals surface area contributed by atoms with E-state index in [1.807, 2.05) is 0 Å². The van der Waals surface area contributed by atoms with Crippen molar-refractivity contribution in [2.45, 2.75) is 3.00 Å². The van der Waals surface area contributed by atoms with E-state index in [1.165, 1.54) is 0 Å². The van der Waals surface area contributed by atoms with Gasteiger partial charge in [0.25, 0.3) is 9.05 Å². The van der Waals surface area contributed by atoms with Crippen LogP contribution >= 0.6 is 45.5 Å². The average molecular weight is 296 g/mol. The zero-order chi connectivity index (χ0) is 10.2. The zero-order valence-electron chi connectivity index (χ0n) is 5.17. The second-order valence-electron chi connectivity index (χ2n) is 1.63. The van der Waals surface area contributed by atoms with Gasteiger partial charge in [-0.15, -0.1) is 11.6 Å². The first-order chi connectivity index (χ1) is 5.06. The molecule has 4 nitrogen and oxygen atoms in total. The Hall–Kier alpha value is 1.06. The highest BCUT2D eigenvalue weighted by atomic mass is 35.7. The van der Waals surface area contributed by atoms with Crippen LogP contribution < -0.4 is 0 Å². The SMILES string of the molecule is O=S(=O)(Cl)C(Cl)(Cl)S(=O)(=O)CCl. The Morgan fingerprint density at radius 2 is 1.42 bits per heavy atom. The Kier molecular flexibility index (Phi) is 3.99. The van der Waals surface area contributed by atoms with Crippen molar-refractivity contribution in [1.29, 1.82) is 0 Å². The number of hydrogen-bond donors (Lipinski definition) is 0. The first-order valence-corrected chi connectivity index (χ1v) is 7.42. The molecule has 0 saturated carbocycles. The molecule has 12 heavy (non-hydrogen) atoms. The van der Waals surface area contributed by atoms with Crippen LogP contribution in [0.4, 0.5) is 0 Å². The van der Waals surface area contributed by atoms with E-state index in [1.54, 1.807) is 0 Å². The van der Waals surface area contributed by atoms with Crippen molar-refractivity contribution < 1.29 is 16.8 Å². The fraction of sp³-hybridized carbons (Fsp3) is 1.00. The molecular formula is C2H2Cl4O4S2. The Morgan fingerprint density at radius 1 is 1.08 bits per heavy atom. The average Bonchev–Trinajstić information content (AvgIpc) is 1.85. The molecule has 0 heterocycles. The lowest BCUT2D eigenvalue weighted by Gasteiger charge is -2.13. The molecule has 0 atom stereocenters. The normalized spacial score (nSPS) is 14.7. The van der Waals surface area contributed by atoms with Gasteiger partial charge in [0.2, 0.25) is 9.84 Å². The number of rotatable bonds is 3. The lowest BCUT2D eigenvalue weighted by atomic mass is 11.8. The van der Waals surface area contributed by atoms with Crippen molar-refractivity contribution in [3.63, 3.8) is 0 Å². The summed E-state index contributed by atoms with van der Waals surface area (Å²) in [5.74, 6) is 0. The Labute approximate surface area is 89.1 Å². The minimum atomic E-state index is -4.64. The van der Waals surface area contributed by atoms with Gasteiger partial charge in [0.1, 0.15) is 5.21 Å². The van der Waals surface area contributed by atoms with Crippen LogP contribution in [0.25, 0.3) is 0 Å². The topological polar surface area (TPSA) is 68.3 Å². The van der Waals surface area contributed by atoms with Gasteiger partial charge in [-0.2, -0.15) is 0 Å². The highest BCUT2D eigenvalue weighted by Gasteiger charge is 2.51. The molecule has 0 rings (SSSR count). The van der Waals surface area contributed by atoms with Crippen molar-refractivity contribution in [3.05, 3.63) is 0 Å². The maximum absolute atomic E-state index is 10.8. The summed E-state index contributed by atoms with van der Waals surface area (Å²) < 4.78 is 39.6. The number of hydrogen-bond acceptors (Lipinski definition) is 4. The van der Waals surface area contributed by atoms with Crippen LogP contribution in [0, 0.1) is 0 Å². The summed E-state index contributed by atoms with van der Waals surface area (Å²) in [5, 5.41) is -1.04. The standard InChI is InChI=1S/C2H2Cl4O4S2/c3-1-11(7,8)2(4,5)12(6,9)10/h1H2. The van der Waals surface area contributed by atoms with Crippen molar-refractivity contribution in [3.8, 4) is 0 Å². The van der Waals surface area contributed by atoms with Crippen LogP contribution in [0.1, 0.15) is 0 Å². The molecule has 0 aromatic carbocycles. The van der Waals surface area contributed by atoms with Crippen molar-refractivity contribution in [1.82, 2.24) is 0 Å². The summed E-state index contributed by atoms with van der Waals surface area (Å²) in [5.41, 5.74) is 0. The zero-order valence-corrected chi connectivity index (χ0v) is 9.83. The summed E-state index contributed by atoms with van der Waals surface area (Å²) in [6.45, 7) is 0. The van der Waals surface area contributed by atoms with Crippen LogP contribution in [0.15, 0.2) is 0 Å². The third-order valence-corrected chi connectivity index (χ3v) is 8.72. The first kappa shape index (κ1) is 13.1. The summed E-state index contributed by atoms with van der Waals surface area (Å²) in [7, 11) is -4.36. The maximum Gasteiger partial charge on any atom is 0.334 e. The van der Waals surface area contributed by atoms with Crippen LogP contribution in [-0.2, 0) is 18.9 Å². The molecule has 0 fully saturated rings. The van der Waals surface area contributed by atoms with Gasteiger partial charge >= 0.3 is 3.00 Å². The van der Waals surface area contributed by atoms with E-state index in [0.717, 1.165) is 0 Å². The molecule has 10 heteroatoms. The summed E-state index contributed by atoms with van der Waals surface area (Å²) >= 11 is 14.9. The van der Waals surface area contributed by atoms with Gasteiger partial charge < -0.3 is 0 Å². The number of alkyl halides is 3. The minimum Gasteiger partial charge on any atom is -0.223 e. The fourth-order valence-electron chi connectivity index (χ4n) is 0.215. The molecule has 0 N–H and O–H groups in total. The lowest BCUT2D eigenvalue weighted by molar-refractivity contribution is 0.591. The molecule has 0 aliphatic carbocycles. The van der Waals surface area contributed by atoms with Crippen LogP contribution in [0.5, 0.6) is 0 Å². The number of halogens is 4. The molecule has 0 spiro atoms. The van der Waals surface area contributed by atoms with E-state index >= 15 is 0 Å². The molecule has 0 amide bonds. The Bertz CT molecular complexity index is 353. The smallest absolute Gasteiger partial charge is 0.223 e. The number of sulfone groups is 1. The van der Waals surface area contributed by atoms with E-state index < -0.39 is 27.1 Å². The second-order valence-corrected chi connectivity index (χ2v) is 9.53. The van der Waals surface area contributed by atoms with Gasteiger partial charge in [-0.3, -0.25) is 0 Å². The summed E-state index contributed by atoms with van der Waals surface area (Å²) in [6, 6.07) is 0. The molecule has 0 aromatic heterocycles. The monoisotopic (exact) mass is 294 g/mol. The Morgan fingerprint density at radius 3 is 1.50 bits per heavy atom. The van der Waals surface area contributed by atoms with Crippen LogP contribution in [0.2, 0.25) is 0 Å². The van der Waals surface area contributed by atoms with Crippen molar-refractivity contribution in [2.24, 2.45) is 0 Å². The van der Waals surface area contributed by atoms with Gasteiger partial charge in [0, 0.05) is 10.7 Å². The molecule has 0 saturated heterocycles. The molecule has 0 aliphatic rings. The first-order valence-electron chi connectivity index (χ1n) is 2.16. The Balaban J connectivity index is 5.46. The second kappa shape index (κ2) is 3.67. The van der Waals surface area contributed by atoms with Gasteiger partial charge in [-0.1, -0.05) is 23.2 Å². The molecule has 0 aliphatic heterocycles. The van der Waals surface area contributed by atoms with Crippen LogP contribution in [-0.4, -0.2) is 25.0 Å². The summed E-state index contributed by atoms with van der Waals surface area (Å²) in [6.07, 6.45) is 0. The molecule has 0 bridgehead atoms. The van der Waals surface area contributed by atoms with E-state index in [-0.39, 0.29) is 0 Å². The van der Waals surface area contributed by atoms with E-state index in [2.05, 4.69) is 10.7 Å². The molecule has 0 unspecified atom stereocenters. The third-order valence-electron chi connectivity index (χ3n) is 0.790. The quantitative estimate of drug-likeness (QED) is 0.580. The minimum absolute atomic E-state index is 1.04. The van der Waals surface area contributed by atoms with Gasteiger partial charge in [0.05, 0.1) is 0 Å². The predicted molar refractivity (Wildman–Crippen MR) is 48.8 cm³/mol. The molecular weight excluding hydrogens is 294 g/mol. The highest BCUT2D eigenvalue weighted by molar-refractivity contribution is 8.26. The molecule has 0 radical (unpaired) electrons. The lowest BCUT2D eigenvalue weighted by Crippen LogP contribution is -2.33. The summed E-state index contributed by atoms with van der Waals surface area (Å²) in [4.78, 5) is 0.